The predicted molar refractivity (Wildman–Crippen MR) is 79.2 cm³/mol. The second-order valence-electron chi connectivity index (χ2n) is 4.98. The van der Waals surface area contributed by atoms with Gasteiger partial charge < -0.3 is 19.9 Å². The molecule has 0 saturated carbocycles. The first-order valence-corrected chi connectivity index (χ1v) is 7.44. The molecule has 1 aromatic carbocycles. The molecule has 0 saturated heterocycles. The number of rotatable bonds is 7. The summed E-state index contributed by atoms with van der Waals surface area (Å²) in [5, 5.41) is 0. The molecular formula is C16H23NO4. The van der Waals surface area contributed by atoms with Crippen molar-refractivity contribution >= 4 is 5.97 Å². The van der Waals surface area contributed by atoms with Crippen molar-refractivity contribution in [1.29, 1.82) is 0 Å². The first-order valence-electron chi connectivity index (χ1n) is 7.44. The fourth-order valence-corrected chi connectivity index (χ4v) is 2.66. The number of benzene rings is 1. The molecule has 1 aromatic rings. The van der Waals surface area contributed by atoms with Crippen molar-refractivity contribution in [2.75, 3.05) is 19.8 Å². The zero-order valence-electron chi connectivity index (χ0n) is 12.6. The first kappa shape index (κ1) is 15.8. The van der Waals surface area contributed by atoms with Gasteiger partial charge in [0.15, 0.2) is 0 Å². The van der Waals surface area contributed by atoms with Crippen molar-refractivity contribution in [3.8, 4) is 5.75 Å². The van der Waals surface area contributed by atoms with Crippen LogP contribution in [-0.4, -0.2) is 31.8 Å². The summed E-state index contributed by atoms with van der Waals surface area (Å²) in [5.41, 5.74) is 8.36. The molecule has 5 nitrogen and oxygen atoms in total. The summed E-state index contributed by atoms with van der Waals surface area (Å²) in [7, 11) is 0. The summed E-state index contributed by atoms with van der Waals surface area (Å²) >= 11 is 0. The molecule has 1 aliphatic rings. The lowest BCUT2D eigenvalue weighted by Crippen LogP contribution is -2.27. The Balaban J connectivity index is 2.03. The van der Waals surface area contributed by atoms with Crippen LogP contribution in [0.5, 0.6) is 5.75 Å². The van der Waals surface area contributed by atoms with Gasteiger partial charge in [-0.3, -0.25) is 4.79 Å². The van der Waals surface area contributed by atoms with Crippen LogP contribution < -0.4 is 10.5 Å². The molecule has 2 N–H and O–H groups in total. The van der Waals surface area contributed by atoms with Gasteiger partial charge in [-0.15, -0.1) is 0 Å². The zero-order valence-corrected chi connectivity index (χ0v) is 12.6. The maximum absolute atomic E-state index is 11.4. The van der Waals surface area contributed by atoms with Gasteiger partial charge in [-0.1, -0.05) is 12.1 Å². The summed E-state index contributed by atoms with van der Waals surface area (Å²) in [6.07, 6.45) is 0.779. The number of hydrogen-bond donors (Lipinski definition) is 1. The normalized spacial score (nSPS) is 20.1. The quantitative estimate of drug-likeness (QED) is 0.778. The van der Waals surface area contributed by atoms with Crippen LogP contribution in [0, 0.1) is 0 Å². The van der Waals surface area contributed by atoms with Crippen LogP contribution in [0.2, 0.25) is 0 Å². The molecular weight excluding hydrogens is 270 g/mol. The van der Waals surface area contributed by atoms with Gasteiger partial charge in [-0.25, -0.2) is 0 Å². The number of hydrogen-bond acceptors (Lipinski definition) is 5. The molecule has 0 amide bonds. The number of nitrogens with two attached hydrogens (primary N) is 1. The zero-order chi connectivity index (χ0) is 15.2. The third-order valence-corrected chi connectivity index (χ3v) is 3.49. The minimum atomic E-state index is -0.248. The van der Waals surface area contributed by atoms with Crippen LogP contribution in [0.4, 0.5) is 0 Å². The molecule has 2 unspecified atom stereocenters. The van der Waals surface area contributed by atoms with Crippen LogP contribution in [-0.2, 0) is 20.7 Å². The topological polar surface area (TPSA) is 70.8 Å². The number of carbonyl (C=O) groups is 1. The van der Waals surface area contributed by atoms with Gasteiger partial charge in [-0.2, -0.15) is 0 Å². The summed E-state index contributed by atoms with van der Waals surface area (Å²) in [4.78, 5) is 11.4. The largest absolute Gasteiger partial charge is 0.493 e. The van der Waals surface area contributed by atoms with Crippen molar-refractivity contribution < 1.29 is 19.0 Å². The van der Waals surface area contributed by atoms with Crippen LogP contribution in [0.1, 0.15) is 37.5 Å². The second kappa shape index (κ2) is 7.43. The van der Waals surface area contributed by atoms with E-state index >= 15 is 0 Å². The van der Waals surface area contributed by atoms with Crippen molar-refractivity contribution in [3.63, 3.8) is 0 Å². The fraction of sp³-hybridized carbons (Fsp3) is 0.562. The molecule has 0 aromatic heterocycles. The highest BCUT2D eigenvalue weighted by Gasteiger charge is 2.33. The molecule has 0 heterocycles. The molecule has 0 fully saturated rings. The van der Waals surface area contributed by atoms with E-state index in [1.54, 1.807) is 6.92 Å². The van der Waals surface area contributed by atoms with E-state index in [1.165, 1.54) is 0 Å². The number of ether oxygens (including phenoxy) is 3. The molecule has 0 radical (unpaired) electrons. The predicted octanol–water partition coefficient (Wildman–Crippen LogP) is 1.98. The highest BCUT2D eigenvalue weighted by Crippen LogP contribution is 2.39. The average molecular weight is 293 g/mol. The standard InChI is InChI=1S/C16H23NO4/c1-3-19-13-7-5-6-11-10-12(17)16(15(11)13)21-9-8-14(18)20-4-2/h5-7,12,16H,3-4,8-10,17H2,1-2H3. The summed E-state index contributed by atoms with van der Waals surface area (Å²) in [6.45, 7) is 5.03. The SMILES string of the molecule is CCOC(=O)CCOC1c2c(cccc2OCC)CC1N. The van der Waals surface area contributed by atoms with Gasteiger partial charge in [-0.05, 0) is 31.9 Å². The maximum atomic E-state index is 11.4. The van der Waals surface area contributed by atoms with Gasteiger partial charge in [0.1, 0.15) is 11.9 Å². The van der Waals surface area contributed by atoms with Gasteiger partial charge in [0.2, 0.25) is 0 Å². The Morgan fingerprint density at radius 3 is 2.86 bits per heavy atom. The average Bonchev–Trinajstić information content (AvgIpc) is 2.77. The molecule has 116 valence electrons. The van der Waals surface area contributed by atoms with E-state index in [0.717, 1.165) is 23.3 Å². The van der Waals surface area contributed by atoms with E-state index in [4.69, 9.17) is 19.9 Å². The van der Waals surface area contributed by atoms with Gasteiger partial charge in [0.25, 0.3) is 0 Å². The van der Waals surface area contributed by atoms with E-state index in [-0.39, 0.29) is 24.5 Å². The molecule has 21 heavy (non-hydrogen) atoms. The van der Waals surface area contributed by atoms with E-state index in [9.17, 15) is 4.79 Å². The lowest BCUT2D eigenvalue weighted by molar-refractivity contribution is -0.144. The van der Waals surface area contributed by atoms with E-state index < -0.39 is 0 Å². The fourth-order valence-electron chi connectivity index (χ4n) is 2.66. The Kier molecular flexibility index (Phi) is 5.59. The minimum Gasteiger partial charge on any atom is -0.493 e. The highest BCUT2D eigenvalue weighted by molar-refractivity contribution is 5.69. The molecule has 5 heteroatoms. The van der Waals surface area contributed by atoms with E-state index in [1.807, 2.05) is 25.1 Å². The number of carbonyl (C=O) groups excluding carboxylic acids is 1. The van der Waals surface area contributed by atoms with Crippen LogP contribution in [0.3, 0.4) is 0 Å². The van der Waals surface area contributed by atoms with Crippen LogP contribution in [0.25, 0.3) is 0 Å². The molecule has 0 aliphatic heterocycles. The summed E-state index contributed by atoms with van der Waals surface area (Å²) in [5.74, 6) is 0.575. The van der Waals surface area contributed by atoms with Crippen molar-refractivity contribution in [2.24, 2.45) is 5.73 Å². The smallest absolute Gasteiger partial charge is 0.308 e. The van der Waals surface area contributed by atoms with Crippen molar-refractivity contribution in [2.45, 2.75) is 38.8 Å². The number of esters is 1. The third-order valence-electron chi connectivity index (χ3n) is 3.49. The van der Waals surface area contributed by atoms with Crippen molar-refractivity contribution in [3.05, 3.63) is 29.3 Å². The summed E-state index contributed by atoms with van der Waals surface area (Å²) < 4.78 is 16.4. The Hall–Kier alpha value is -1.59. The summed E-state index contributed by atoms with van der Waals surface area (Å²) in [6, 6.07) is 5.84. The monoisotopic (exact) mass is 293 g/mol. The minimum absolute atomic E-state index is 0.108. The lowest BCUT2D eigenvalue weighted by Gasteiger charge is -2.19. The molecule has 0 spiro atoms. The van der Waals surface area contributed by atoms with Gasteiger partial charge in [0.05, 0.1) is 26.2 Å². The molecule has 2 rings (SSSR count). The molecule has 1 aliphatic carbocycles. The Labute approximate surface area is 125 Å². The second-order valence-corrected chi connectivity index (χ2v) is 4.98. The Morgan fingerprint density at radius 1 is 1.33 bits per heavy atom. The van der Waals surface area contributed by atoms with E-state index in [2.05, 4.69) is 0 Å². The molecule has 2 atom stereocenters. The van der Waals surface area contributed by atoms with Gasteiger partial charge >= 0.3 is 5.97 Å². The van der Waals surface area contributed by atoms with Gasteiger partial charge in [0, 0.05) is 11.6 Å². The lowest BCUT2D eigenvalue weighted by atomic mass is 10.1. The molecule has 0 bridgehead atoms. The van der Waals surface area contributed by atoms with Crippen LogP contribution >= 0.6 is 0 Å². The Morgan fingerprint density at radius 2 is 2.14 bits per heavy atom. The first-order chi connectivity index (χ1) is 10.2. The van der Waals surface area contributed by atoms with Crippen molar-refractivity contribution in [1.82, 2.24) is 0 Å². The Bertz CT molecular complexity index is 489. The van der Waals surface area contributed by atoms with E-state index in [0.29, 0.717) is 19.8 Å². The number of fused-ring (bicyclic) bond motifs is 1. The third kappa shape index (κ3) is 3.74. The van der Waals surface area contributed by atoms with Crippen LogP contribution in [0.15, 0.2) is 18.2 Å². The highest BCUT2D eigenvalue weighted by atomic mass is 16.5. The maximum Gasteiger partial charge on any atom is 0.308 e.